The number of ether oxygens (including phenoxy) is 1. The van der Waals surface area contributed by atoms with Crippen LogP contribution in [0.4, 0.5) is 0 Å². The number of carbonyl (C=O) groups excluding carboxylic acids is 2. The van der Waals surface area contributed by atoms with Crippen LogP contribution in [0.2, 0.25) is 10.0 Å². The van der Waals surface area contributed by atoms with Gasteiger partial charge in [-0.3, -0.25) is 9.59 Å². The minimum atomic E-state index is -0.767. The average Bonchev–Trinajstić information content (AvgIpc) is 3.40. The van der Waals surface area contributed by atoms with Crippen molar-refractivity contribution in [3.05, 3.63) is 98.4 Å². The molecule has 3 aromatic rings. The summed E-state index contributed by atoms with van der Waals surface area (Å²) in [6.07, 6.45) is 4.42. The number of nitrogens with one attached hydrogen (secondary N) is 1. The third-order valence-electron chi connectivity index (χ3n) is 6.54. The Morgan fingerprint density at radius 2 is 1.59 bits per heavy atom. The number of hydrogen-bond acceptors (Lipinski definition) is 3. The van der Waals surface area contributed by atoms with E-state index >= 15 is 0 Å². The quantitative estimate of drug-likeness (QED) is 0.276. The van der Waals surface area contributed by atoms with E-state index in [2.05, 4.69) is 21.2 Å². The first-order valence-corrected chi connectivity index (χ1v) is 13.9. The lowest BCUT2D eigenvalue weighted by Gasteiger charge is -2.32. The number of benzene rings is 3. The summed E-state index contributed by atoms with van der Waals surface area (Å²) in [6.45, 7) is -0.150. The lowest BCUT2D eigenvalue weighted by atomic mass is 10.0. The topological polar surface area (TPSA) is 58.6 Å². The van der Waals surface area contributed by atoms with Crippen LogP contribution in [-0.2, 0) is 22.6 Å². The Morgan fingerprint density at radius 3 is 2.24 bits per heavy atom. The molecule has 0 aromatic heterocycles. The van der Waals surface area contributed by atoms with E-state index in [1.165, 1.54) is 0 Å². The second-order valence-corrected chi connectivity index (χ2v) is 10.9. The molecule has 0 unspecified atom stereocenters. The van der Waals surface area contributed by atoms with Gasteiger partial charge in [-0.25, -0.2) is 0 Å². The molecule has 0 aliphatic heterocycles. The smallest absolute Gasteiger partial charge is 0.261 e. The summed E-state index contributed by atoms with van der Waals surface area (Å²) < 4.78 is 6.72. The van der Waals surface area contributed by atoms with Crippen molar-refractivity contribution in [1.29, 1.82) is 0 Å². The highest BCUT2D eigenvalue weighted by Gasteiger charge is 2.33. The van der Waals surface area contributed by atoms with Gasteiger partial charge in [-0.05, 0) is 54.8 Å². The van der Waals surface area contributed by atoms with Gasteiger partial charge in [0.15, 0.2) is 6.61 Å². The first-order valence-electron chi connectivity index (χ1n) is 12.4. The highest BCUT2D eigenvalue weighted by Crippen LogP contribution is 2.28. The molecular weight excluding hydrogens is 575 g/mol. The van der Waals surface area contributed by atoms with Crippen LogP contribution in [-0.4, -0.2) is 35.4 Å². The molecule has 0 radical (unpaired) electrons. The van der Waals surface area contributed by atoms with Crippen molar-refractivity contribution in [3.63, 3.8) is 0 Å². The zero-order valence-corrected chi connectivity index (χ0v) is 23.4. The maximum Gasteiger partial charge on any atom is 0.261 e. The van der Waals surface area contributed by atoms with E-state index in [1.54, 1.807) is 35.2 Å². The van der Waals surface area contributed by atoms with E-state index in [9.17, 15) is 9.59 Å². The molecule has 3 aromatic carbocycles. The summed E-state index contributed by atoms with van der Waals surface area (Å²) in [6, 6.07) is 21.5. The molecule has 1 fully saturated rings. The molecule has 1 saturated carbocycles. The highest BCUT2D eigenvalue weighted by molar-refractivity contribution is 9.10. The number of carbonyl (C=O) groups is 2. The number of rotatable bonds is 10. The summed E-state index contributed by atoms with van der Waals surface area (Å²) in [5.74, 6) is 0.0413. The van der Waals surface area contributed by atoms with Crippen LogP contribution in [0.25, 0.3) is 0 Å². The summed E-state index contributed by atoms with van der Waals surface area (Å²) in [5.41, 5.74) is 1.54. The fraction of sp³-hybridized carbons (Fsp3) is 0.310. The Labute approximate surface area is 236 Å². The van der Waals surface area contributed by atoms with Gasteiger partial charge in [0.2, 0.25) is 5.91 Å². The third kappa shape index (κ3) is 7.73. The van der Waals surface area contributed by atoms with E-state index < -0.39 is 6.04 Å². The van der Waals surface area contributed by atoms with E-state index in [-0.39, 0.29) is 31.0 Å². The van der Waals surface area contributed by atoms with Crippen molar-refractivity contribution in [1.82, 2.24) is 10.2 Å². The van der Waals surface area contributed by atoms with Crippen molar-refractivity contribution < 1.29 is 14.3 Å². The van der Waals surface area contributed by atoms with Crippen molar-refractivity contribution in [2.45, 2.75) is 50.7 Å². The van der Waals surface area contributed by atoms with Gasteiger partial charge in [-0.15, -0.1) is 0 Å². The predicted octanol–water partition coefficient (Wildman–Crippen LogP) is 6.83. The van der Waals surface area contributed by atoms with Gasteiger partial charge in [-0.2, -0.15) is 0 Å². The Hall–Kier alpha value is -2.54. The largest absolute Gasteiger partial charge is 0.484 e. The molecule has 0 spiro atoms. The van der Waals surface area contributed by atoms with E-state index in [4.69, 9.17) is 27.9 Å². The van der Waals surface area contributed by atoms with Gasteiger partial charge in [-0.1, -0.05) is 88.4 Å². The van der Waals surface area contributed by atoms with Gasteiger partial charge in [0.1, 0.15) is 11.8 Å². The Kier molecular flexibility index (Phi) is 9.89. The second kappa shape index (κ2) is 13.3. The SMILES string of the molecule is O=C(NC1CCCC1)[C@H](Cc1ccccc1)N(Cc1c(Cl)cccc1Cl)C(=O)COc1ccc(Br)cc1. The zero-order chi connectivity index (χ0) is 26.2. The lowest BCUT2D eigenvalue weighted by molar-refractivity contribution is -0.143. The van der Waals surface area contributed by atoms with Crippen molar-refractivity contribution in [3.8, 4) is 5.75 Å². The maximum absolute atomic E-state index is 13.7. The van der Waals surface area contributed by atoms with Crippen molar-refractivity contribution >= 4 is 50.9 Å². The standard InChI is InChI=1S/C29H29BrCl2N2O3/c30-21-13-15-23(16-14-21)37-19-28(35)34(18-24-25(31)11-6-12-26(24)32)27(17-20-7-2-1-3-8-20)29(36)33-22-9-4-5-10-22/h1-3,6-8,11-16,22,27H,4-5,9-10,17-19H2,(H,33,36)/t27-/m0/s1. The van der Waals surface area contributed by atoms with Gasteiger partial charge < -0.3 is 15.0 Å². The lowest BCUT2D eigenvalue weighted by Crippen LogP contribution is -2.53. The van der Waals surface area contributed by atoms with Crippen LogP contribution >= 0.6 is 39.1 Å². The highest BCUT2D eigenvalue weighted by atomic mass is 79.9. The zero-order valence-electron chi connectivity index (χ0n) is 20.3. The van der Waals surface area contributed by atoms with Gasteiger partial charge >= 0.3 is 0 Å². The van der Waals surface area contributed by atoms with Crippen LogP contribution < -0.4 is 10.1 Å². The first-order chi connectivity index (χ1) is 17.9. The van der Waals surface area contributed by atoms with E-state index in [0.717, 1.165) is 35.7 Å². The number of nitrogens with zero attached hydrogens (tertiary/aromatic N) is 1. The summed E-state index contributed by atoms with van der Waals surface area (Å²) in [5, 5.41) is 4.06. The molecular formula is C29H29BrCl2N2O3. The summed E-state index contributed by atoms with van der Waals surface area (Å²) in [7, 11) is 0. The molecule has 1 aliphatic carbocycles. The van der Waals surface area contributed by atoms with E-state index in [0.29, 0.717) is 27.8 Å². The normalized spacial score (nSPS) is 14.2. The fourth-order valence-corrected chi connectivity index (χ4v) is 5.32. The van der Waals surface area contributed by atoms with Gasteiger partial charge in [0.25, 0.3) is 5.91 Å². The molecule has 0 bridgehead atoms. The molecule has 2 amide bonds. The van der Waals surface area contributed by atoms with Crippen molar-refractivity contribution in [2.75, 3.05) is 6.61 Å². The molecule has 5 nitrogen and oxygen atoms in total. The third-order valence-corrected chi connectivity index (χ3v) is 7.78. The molecule has 37 heavy (non-hydrogen) atoms. The number of halogens is 3. The van der Waals surface area contributed by atoms with Gasteiger partial charge in [0.05, 0.1) is 0 Å². The van der Waals surface area contributed by atoms with Gasteiger partial charge in [0, 0.05) is 39.1 Å². The monoisotopic (exact) mass is 602 g/mol. The Morgan fingerprint density at radius 1 is 0.946 bits per heavy atom. The molecule has 1 atom stereocenters. The van der Waals surface area contributed by atoms with Crippen molar-refractivity contribution in [2.24, 2.45) is 0 Å². The Bertz CT molecular complexity index is 1180. The van der Waals surface area contributed by atoms with Crippen LogP contribution in [0.15, 0.2) is 77.3 Å². The van der Waals surface area contributed by atoms with Crippen LogP contribution in [0.5, 0.6) is 5.75 Å². The number of amides is 2. The van der Waals surface area contributed by atoms with Crippen LogP contribution in [0, 0.1) is 0 Å². The molecule has 8 heteroatoms. The predicted molar refractivity (Wildman–Crippen MR) is 151 cm³/mol. The maximum atomic E-state index is 13.7. The second-order valence-electron chi connectivity index (χ2n) is 9.16. The fourth-order valence-electron chi connectivity index (χ4n) is 4.53. The minimum absolute atomic E-state index is 0.0800. The minimum Gasteiger partial charge on any atom is -0.484 e. The molecule has 0 saturated heterocycles. The average molecular weight is 604 g/mol. The molecule has 1 aliphatic rings. The molecule has 194 valence electrons. The summed E-state index contributed by atoms with van der Waals surface area (Å²) in [4.78, 5) is 29.0. The summed E-state index contributed by atoms with van der Waals surface area (Å²) >= 11 is 16.4. The Balaban J connectivity index is 1.64. The van der Waals surface area contributed by atoms with Crippen LogP contribution in [0.3, 0.4) is 0 Å². The number of hydrogen-bond donors (Lipinski definition) is 1. The molecule has 1 N–H and O–H groups in total. The molecule has 0 heterocycles. The van der Waals surface area contributed by atoms with Crippen LogP contribution in [0.1, 0.15) is 36.8 Å². The van der Waals surface area contributed by atoms with E-state index in [1.807, 2.05) is 42.5 Å². The molecule has 4 rings (SSSR count). The first kappa shape index (κ1) is 27.5.